The molecule has 0 unspecified atom stereocenters. The fourth-order valence-corrected chi connectivity index (χ4v) is 1.73. The Kier molecular flexibility index (Phi) is 2.20. The zero-order valence-corrected chi connectivity index (χ0v) is 8.79. The van der Waals surface area contributed by atoms with Gasteiger partial charge in [0.2, 0.25) is 0 Å². The number of aromatic nitrogens is 1. The largest absolute Gasteiger partial charge is 0.497 e. The topological polar surface area (TPSA) is 25.0 Å². The zero-order chi connectivity index (χ0) is 10.1. The first-order valence-electron chi connectivity index (χ1n) is 4.87. The molecule has 2 heteroatoms. The summed E-state index contributed by atoms with van der Waals surface area (Å²) in [4.78, 5) is 3.26. The highest BCUT2D eigenvalue weighted by Crippen LogP contribution is 2.27. The van der Waals surface area contributed by atoms with Crippen molar-refractivity contribution < 1.29 is 6.16 Å². The van der Waals surface area contributed by atoms with E-state index >= 15 is 0 Å². The molecular formula is C12H17NO. The molecule has 76 valence electrons. The summed E-state index contributed by atoms with van der Waals surface area (Å²) in [5, 5.41) is 1.29. The van der Waals surface area contributed by atoms with Gasteiger partial charge in [0.25, 0.3) is 0 Å². The van der Waals surface area contributed by atoms with E-state index < -0.39 is 0 Å². The molecule has 0 bridgehead atoms. The van der Waals surface area contributed by atoms with Gasteiger partial charge < -0.3 is 9.72 Å². The molecule has 0 spiro atoms. The first kappa shape index (κ1) is 9.13. The zero-order valence-electron chi connectivity index (χ0n) is 8.79. The predicted molar refractivity (Wildman–Crippen MR) is 61.1 cm³/mol. The second-order valence-electron chi connectivity index (χ2n) is 3.81. The molecule has 0 aliphatic carbocycles. The lowest BCUT2D eigenvalue weighted by Crippen LogP contribution is -1.84. The standard InChI is InChI=1S/C12H15NO.H2/c1-8(2)11-7-13-12-6-9(14-3)4-5-10(11)12;/h4-8,13H,1-3H3;1H. The number of ether oxygens (including phenoxy) is 1. The first-order valence-corrected chi connectivity index (χ1v) is 4.87. The lowest BCUT2D eigenvalue weighted by atomic mass is 10.0. The predicted octanol–water partition coefficient (Wildman–Crippen LogP) is 3.55. The molecule has 2 nitrogen and oxygen atoms in total. The number of methoxy groups -OCH3 is 1. The maximum atomic E-state index is 5.17. The normalized spacial score (nSPS) is 11.1. The number of hydrogen-bond acceptors (Lipinski definition) is 1. The van der Waals surface area contributed by atoms with Crippen molar-refractivity contribution in [2.45, 2.75) is 19.8 Å². The van der Waals surface area contributed by atoms with Crippen molar-refractivity contribution in [3.05, 3.63) is 30.0 Å². The number of fused-ring (bicyclic) bond motifs is 1. The molecule has 1 heterocycles. The van der Waals surface area contributed by atoms with E-state index in [-0.39, 0.29) is 1.43 Å². The van der Waals surface area contributed by atoms with Gasteiger partial charge in [-0.2, -0.15) is 0 Å². The molecule has 2 aromatic rings. The molecule has 0 saturated heterocycles. The van der Waals surface area contributed by atoms with Crippen molar-refractivity contribution >= 4 is 10.9 Å². The molecule has 0 fully saturated rings. The monoisotopic (exact) mass is 191 g/mol. The number of benzene rings is 1. The Morgan fingerprint density at radius 3 is 2.79 bits per heavy atom. The number of nitrogens with one attached hydrogen (secondary N) is 1. The summed E-state index contributed by atoms with van der Waals surface area (Å²) in [6.45, 7) is 4.40. The van der Waals surface area contributed by atoms with Crippen LogP contribution in [-0.2, 0) is 0 Å². The second-order valence-corrected chi connectivity index (χ2v) is 3.81. The number of H-pyrrole nitrogens is 1. The van der Waals surface area contributed by atoms with Gasteiger partial charge in [0.15, 0.2) is 0 Å². The molecule has 1 N–H and O–H groups in total. The summed E-state index contributed by atoms with van der Waals surface area (Å²) in [6, 6.07) is 6.14. The maximum absolute atomic E-state index is 5.17. The second kappa shape index (κ2) is 3.37. The van der Waals surface area contributed by atoms with Crippen molar-refractivity contribution in [3.63, 3.8) is 0 Å². The van der Waals surface area contributed by atoms with Crippen LogP contribution in [0.5, 0.6) is 5.75 Å². The van der Waals surface area contributed by atoms with Gasteiger partial charge in [0, 0.05) is 24.6 Å². The minimum Gasteiger partial charge on any atom is -0.497 e. The van der Waals surface area contributed by atoms with Crippen LogP contribution in [0, 0.1) is 0 Å². The molecule has 0 aliphatic rings. The highest BCUT2D eigenvalue weighted by Gasteiger charge is 2.07. The third-order valence-electron chi connectivity index (χ3n) is 2.54. The molecule has 1 aromatic heterocycles. The van der Waals surface area contributed by atoms with Crippen molar-refractivity contribution in [2.75, 3.05) is 7.11 Å². The van der Waals surface area contributed by atoms with Crippen molar-refractivity contribution in [1.29, 1.82) is 0 Å². The van der Waals surface area contributed by atoms with Crippen LogP contribution in [0.3, 0.4) is 0 Å². The average molecular weight is 191 g/mol. The van der Waals surface area contributed by atoms with E-state index in [9.17, 15) is 0 Å². The van der Waals surface area contributed by atoms with Gasteiger partial charge in [-0.25, -0.2) is 0 Å². The van der Waals surface area contributed by atoms with Gasteiger partial charge in [-0.05, 0) is 23.6 Å². The molecule has 14 heavy (non-hydrogen) atoms. The van der Waals surface area contributed by atoms with Crippen molar-refractivity contribution in [1.82, 2.24) is 4.98 Å². The summed E-state index contributed by atoms with van der Waals surface area (Å²) < 4.78 is 5.17. The summed E-state index contributed by atoms with van der Waals surface area (Å²) in [6.07, 6.45) is 2.08. The Balaban J connectivity index is 0.00000112. The molecule has 0 amide bonds. The minimum absolute atomic E-state index is 0. The molecule has 0 atom stereocenters. The van der Waals surface area contributed by atoms with Gasteiger partial charge in [-0.1, -0.05) is 13.8 Å². The van der Waals surface area contributed by atoms with Crippen molar-refractivity contribution in [3.8, 4) is 5.75 Å². The molecule has 0 radical (unpaired) electrons. The number of rotatable bonds is 2. The number of hydrogen-bond donors (Lipinski definition) is 1. The van der Waals surface area contributed by atoms with Crippen LogP contribution in [-0.4, -0.2) is 12.1 Å². The van der Waals surface area contributed by atoms with E-state index in [0.717, 1.165) is 11.3 Å². The Labute approximate surface area is 85.4 Å². The van der Waals surface area contributed by atoms with Crippen LogP contribution in [0.25, 0.3) is 10.9 Å². The molecule has 0 aliphatic heterocycles. The Morgan fingerprint density at radius 1 is 1.36 bits per heavy atom. The van der Waals surface area contributed by atoms with Crippen LogP contribution in [0.15, 0.2) is 24.4 Å². The lowest BCUT2D eigenvalue weighted by molar-refractivity contribution is 0.415. The van der Waals surface area contributed by atoms with Gasteiger partial charge in [0.1, 0.15) is 5.75 Å². The van der Waals surface area contributed by atoms with Gasteiger partial charge in [0.05, 0.1) is 7.11 Å². The highest BCUT2D eigenvalue weighted by atomic mass is 16.5. The van der Waals surface area contributed by atoms with Crippen LogP contribution < -0.4 is 4.74 Å². The molecule has 0 saturated carbocycles. The molecule has 2 rings (SSSR count). The third-order valence-corrected chi connectivity index (χ3v) is 2.54. The van der Waals surface area contributed by atoms with E-state index in [4.69, 9.17) is 4.74 Å². The summed E-state index contributed by atoms with van der Waals surface area (Å²) >= 11 is 0. The van der Waals surface area contributed by atoms with Gasteiger partial charge in [-0.3, -0.25) is 0 Å². The Bertz CT molecular complexity index is 448. The van der Waals surface area contributed by atoms with Crippen LogP contribution in [0.4, 0.5) is 0 Å². The summed E-state index contributed by atoms with van der Waals surface area (Å²) in [5.41, 5.74) is 2.51. The van der Waals surface area contributed by atoms with Crippen LogP contribution in [0.1, 0.15) is 26.8 Å². The Hall–Kier alpha value is -1.44. The quantitative estimate of drug-likeness (QED) is 0.771. The average Bonchev–Trinajstić information content (AvgIpc) is 2.59. The van der Waals surface area contributed by atoms with Crippen LogP contribution >= 0.6 is 0 Å². The van der Waals surface area contributed by atoms with E-state index in [1.54, 1.807) is 7.11 Å². The fourth-order valence-electron chi connectivity index (χ4n) is 1.73. The number of aromatic amines is 1. The summed E-state index contributed by atoms with van der Waals surface area (Å²) in [5.74, 6) is 1.45. The molecular weight excluding hydrogens is 174 g/mol. The first-order chi connectivity index (χ1) is 6.72. The van der Waals surface area contributed by atoms with E-state index in [1.807, 2.05) is 12.1 Å². The SMILES string of the molecule is COc1ccc2c(C(C)C)c[nH]c2c1.[HH]. The maximum Gasteiger partial charge on any atom is 0.120 e. The Morgan fingerprint density at radius 2 is 2.14 bits per heavy atom. The third kappa shape index (κ3) is 1.37. The van der Waals surface area contributed by atoms with E-state index in [0.29, 0.717) is 5.92 Å². The van der Waals surface area contributed by atoms with Crippen molar-refractivity contribution in [2.24, 2.45) is 0 Å². The summed E-state index contributed by atoms with van der Waals surface area (Å²) in [7, 11) is 1.69. The van der Waals surface area contributed by atoms with Crippen LogP contribution in [0.2, 0.25) is 0 Å². The highest BCUT2D eigenvalue weighted by molar-refractivity contribution is 5.84. The van der Waals surface area contributed by atoms with Gasteiger partial charge >= 0.3 is 0 Å². The minimum atomic E-state index is 0. The van der Waals surface area contributed by atoms with E-state index in [2.05, 4.69) is 31.1 Å². The lowest BCUT2D eigenvalue weighted by Gasteiger charge is -2.03. The fraction of sp³-hybridized carbons (Fsp3) is 0.333. The smallest absolute Gasteiger partial charge is 0.120 e. The van der Waals surface area contributed by atoms with E-state index in [1.165, 1.54) is 10.9 Å². The van der Waals surface area contributed by atoms with Gasteiger partial charge in [-0.15, -0.1) is 0 Å². The molecule has 1 aromatic carbocycles.